The van der Waals surface area contributed by atoms with Crippen molar-refractivity contribution in [3.63, 3.8) is 0 Å². The van der Waals surface area contributed by atoms with Crippen molar-refractivity contribution < 1.29 is 2.85 Å². The van der Waals surface area contributed by atoms with Crippen molar-refractivity contribution in [1.29, 1.82) is 0 Å². The number of hydrogen-bond donors (Lipinski definition) is 0. The summed E-state index contributed by atoms with van der Waals surface area (Å²) in [7, 11) is 0. The van der Waals surface area contributed by atoms with E-state index in [0.717, 1.165) is 5.69 Å². The van der Waals surface area contributed by atoms with Crippen molar-refractivity contribution in [3.8, 4) is 0 Å². The van der Waals surface area contributed by atoms with Crippen LogP contribution in [0.25, 0.3) is 0 Å². The van der Waals surface area contributed by atoms with E-state index in [2.05, 4.69) is 4.98 Å². The minimum atomic E-state index is 0. The van der Waals surface area contributed by atoms with Crippen molar-refractivity contribution >= 4 is 40.4 Å². The van der Waals surface area contributed by atoms with Crippen LogP contribution in [0.5, 0.6) is 0 Å². The monoisotopic (exact) mass is 146 g/mol. The Morgan fingerprint density at radius 3 is 2.33 bits per heavy atom. The largest absolute Gasteiger partial charge is 2.00 e. The van der Waals surface area contributed by atoms with Gasteiger partial charge < -0.3 is 2.85 Å². The van der Waals surface area contributed by atoms with Gasteiger partial charge in [0.2, 0.25) is 0 Å². The fourth-order valence-corrected chi connectivity index (χ4v) is 0.448. The summed E-state index contributed by atoms with van der Waals surface area (Å²) < 4.78 is 0. The normalized spacial score (nSPS) is 6.78. The average Bonchev–Trinajstić information content (AvgIpc) is 1.69. The van der Waals surface area contributed by atoms with Gasteiger partial charge in [-0.15, -0.1) is 0 Å². The van der Waals surface area contributed by atoms with Crippen molar-refractivity contribution in [2.24, 2.45) is 0 Å². The molecule has 3 heteroatoms. The summed E-state index contributed by atoms with van der Waals surface area (Å²) in [6.07, 6.45) is 1.79. The molecule has 0 amide bonds. The maximum atomic E-state index is 3.98. The maximum Gasteiger partial charge on any atom is 2.00 e. The van der Waals surface area contributed by atoms with Crippen LogP contribution in [0.1, 0.15) is 8.55 Å². The quantitative estimate of drug-likeness (QED) is 0.495. The van der Waals surface area contributed by atoms with Crippen molar-refractivity contribution in [2.45, 2.75) is 6.92 Å². The Labute approximate surface area is 85.1 Å². The van der Waals surface area contributed by atoms with Gasteiger partial charge in [-0.1, -0.05) is 6.07 Å². The summed E-state index contributed by atoms with van der Waals surface area (Å²) in [5.41, 5.74) is 1.07. The molecule has 0 saturated carbocycles. The number of aromatic nitrogens is 1. The Kier molecular flexibility index (Phi) is 8.87. The van der Waals surface area contributed by atoms with Gasteiger partial charge in [0.15, 0.2) is 0 Å². The Morgan fingerprint density at radius 2 is 2.11 bits per heavy atom. The van der Waals surface area contributed by atoms with Crippen LogP contribution < -0.4 is 0 Å². The molecule has 0 N–H and O–H groups in total. The first-order valence-electron chi connectivity index (χ1n) is 2.27. The van der Waals surface area contributed by atoms with Gasteiger partial charge in [0.05, 0.1) is 0 Å². The molecule has 1 nitrogen and oxygen atoms in total. The Balaban J connectivity index is -0.0000000612. The van der Waals surface area contributed by atoms with Crippen LogP contribution in [-0.2, 0) is 0 Å². The second-order valence-corrected chi connectivity index (χ2v) is 1.47. The van der Waals surface area contributed by atoms with Crippen molar-refractivity contribution in [2.75, 3.05) is 0 Å². The van der Waals surface area contributed by atoms with Crippen LogP contribution in [0.4, 0.5) is 0 Å². The topological polar surface area (TPSA) is 12.9 Å². The van der Waals surface area contributed by atoms with Crippen LogP contribution in [0.2, 0.25) is 0 Å². The second kappa shape index (κ2) is 6.57. The Bertz CT molecular complexity index is 151. The van der Waals surface area contributed by atoms with E-state index in [1.54, 1.807) is 6.20 Å². The SMILES string of the molecule is Cc1ccccn1.[Al].[H-].[H-].[Mg+2]. The molecule has 1 heterocycles. The van der Waals surface area contributed by atoms with E-state index in [1.807, 2.05) is 25.1 Å². The third-order valence-electron chi connectivity index (χ3n) is 0.813. The standard InChI is InChI=1S/C6H7N.Al.Mg.2H/c1-6-4-2-3-5-7-6;;;;/h2-5H,1H3;;;;/q;;+2;2*-1. The Morgan fingerprint density at radius 1 is 1.44 bits per heavy atom. The molecule has 43 valence electrons. The minimum absolute atomic E-state index is 0. The van der Waals surface area contributed by atoms with Crippen LogP contribution >= 0.6 is 0 Å². The molecule has 0 spiro atoms. The van der Waals surface area contributed by atoms with Gasteiger partial charge in [0.1, 0.15) is 0 Å². The average molecular weight is 146 g/mol. The zero-order valence-electron chi connectivity index (χ0n) is 7.54. The molecule has 0 bridgehead atoms. The molecule has 0 aliphatic rings. The first kappa shape index (κ1) is 12.2. The number of rotatable bonds is 0. The summed E-state index contributed by atoms with van der Waals surface area (Å²) in [5.74, 6) is 0. The fourth-order valence-electron chi connectivity index (χ4n) is 0.448. The Hall–Kier alpha value is 0.449. The third-order valence-corrected chi connectivity index (χ3v) is 0.813. The van der Waals surface area contributed by atoms with E-state index >= 15 is 0 Å². The van der Waals surface area contributed by atoms with E-state index < -0.39 is 0 Å². The first-order valence-corrected chi connectivity index (χ1v) is 2.27. The maximum absolute atomic E-state index is 3.98. The van der Waals surface area contributed by atoms with Gasteiger partial charge in [-0.25, -0.2) is 0 Å². The minimum Gasteiger partial charge on any atom is -1.00 e. The molecule has 0 aliphatic heterocycles. The summed E-state index contributed by atoms with van der Waals surface area (Å²) >= 11 is 0. The first-order chi connectivity index (χ1) is 3.39. The van der Waals surface area contributed by atoms with Crippen LogP contribution in [0, 0.1) is 6.92 Å². The predicted octanol–water partition coefficient (Wildman–Crippen LogP) is 0.853. The molecule has 0 aromatic carbocycles. The van der Waals surface area contributed by atoms with Gasteiger partial charge in [-0.2, -0.15) is 0 Å². The van der Waals surface area contributed by atoms with E-state index in [-0.39, 0.29) is 43.3 Å². The zero-order chi connectivity index (χ0) is 5.11. The number of pyridine rings is 1. The number of hydrogen-bond acceptors (Lipinski definition) is 1. The number of nitrogens with zero attached hydrogens (tertiary/aromatic N) is 1. The summed E-state index contributed by atoms with van der Waals surface area (Å²) in [6, 6.07) is 5.86. The van der Waals surface area contributed by atoms with Gasteiger partial charge in [-0.3, -0.25) is 4.98 Å². The molecule has 3 radical (unpaired) electrons. The van der Waals surface area contributed by atoms with Crippen LogP contribution in [-0.4, -0.2) is 45.4 Å². The smallest absolute Gasteiger partial charge is 1.00 e. The summed E-state index contributed by atoms with van der Waals surface area (Å²) in [6.45, 7) is 1.97. The van der Waals surface area contributed by atoms with Gasteiger partial charge in [0.25, 0.3) is 0 Å². The van der Waals surface area contributed by atoms with E-state index in [1.165, 1.54) is 0 Å². The van der Waals surface area contributed by atoms with Crippen molar-refractivity contribution in [1.82, 2.24) is 4.98 Å². The molecule has 0 aliphatic carbocycles. The summed E-state index contributed by atoms with van der Waals surface area (Å²) in [5, 5.41) is 0. The van der Waals surface area contributed by atoms with Crippen molar-refractivity contribution in [3.05, 3.63) is 30.1 Å². The molecular formula is C6H9AlMgN. The molecular weight excluding hydrogens is 137 g/mol. The molecule has 0 saturated heterocycles. The van der Waals surface area contributed by atoms with E-state index in [0.29, 0.717) is 0 Å². The molecule has 1 rings (SSSR count). The van der Waals surface area contributed by atoms with Crippen LogP contribution in [0.15, 0.2) is 24.4 Å². The number of aryl methyl sites for hydroxylation is 1. The third kappa shape index (κ3) is 4.92. The van der Waals surface area contributed by atoms with Gasteiger partial charge in [0, 0.05) is 29.3 Å². The molecule has 0 atom stereocenters. The molecule has 1 aromatic heterocycles. The fraction of sp³-hybridized carbons (Fsp3) is 0.167. The van der Waals surface area contributed by atoms with Gasteiger partial charge in [-0.05, 0) is 19.1 Å². The van der Waals surface area contributed by atoms with E-state index in [4.69, 9.17) is 0 Å². The molecule has 1 aromatic rings. The van der Waals surface area contributed by atoms with Crippen LogP contribution in [0.3, 0.4) is 0 Å². The molecule has 0 fully saturated rings. The second-order valence-electron chi connectivity index (χ2n) is 1.47. The summed E-state index contributed by atoms with van der Waals surface area (Å²) in [4.78, 5) is 3.98. The van der Waals surface area contributed by atoms with E-state index in [9.17, 15) is 0 Å². The molecule has 0 unspecified atom stereocenters. The molecule has 9 heavy (non-hydrogen) atoms. The zero-order valence-corrected chi connectivity index (χ0v) is 8.11. The van der Waals surface area contributed by atoms with Gasteiger partial charge >= 0.3 is 23.1 Å². The predicted molar refractivity (Wildman–Crippen MR) is 42.7 cm³/mol.